The number of amides is 1. The Balaban J connectivity index is 1.51. The van der Waals surface area contributed by atoms with E-state index in [9.17, 15) is 4.79 Å². The van der Waals surface area contributed by atoms with E-state index in [1.54, 1.807) is 0 Å². The Bertz CT molecular complexity index is 785. The van der Waals surface area contributed by atoms with Crippen LogP contribution in [0.1, 0.15) is 64.2 Å². The predicted octanol–water partition coefficient (Wildman–Crippen LogP) is 3.43. The van der Waals surface area contributed by atoms with E-state index >= 15 is 0 Å². The molecule has 134 valence electrons. The van der Waals surface area contributed by atoms with Crippen LogP contribution >= 0.6 is 11.3 Å². The fourth-order valence-corrected chi connectivity index (χ4v) is 4.81. The van der Waals surface area contributed by atoms with Crippen LogP contribution < -0.4 is 0 Å². The number of carbonyl (C=O) groups excluding carboxylic acids is 1. The van der Waals surface area contributed by atoms with Gasteiger partial charge in [-0.1, -0.05) is 18.0 Å². The summed E-state index contributed by atoms with van der Waals surface area (Å²) in [6.45, 7) is 7.20. The average Bonchev–Trinajstić information content (AvgIpc) is 3.17. The molecular formula is C18H24N4O2S. The standard InChI is InChI=1S/C18H24N4O2S/c1-11-15(25-13(3)19-11)16(23)22-8-6-18(7-9-22,10-14-4-5-14)17-20-12(2)24-21-17/h14H,4-10H2,1-3H3. The van der Waals surface area contributed by atoms with E-state index in [4.69, 9.17) is 4.52 Å². The van der Waals surface area contributed by atoms with Crippen LogP contribution in [0.15, 0.2) is 4.52 Å². The maximum Gasteiger partial charge on any atom is 0.265 e. The minimum absolute atomic E-state index is 0.0334. The second kappa shape index (κ2) is 6.20. The molecule has 1 saturated carbocycles. The molecule has 25 heavy (non-hydrogen) atoms. The number of hydrogen-bond acceptors (Lipinski definition) is 6. The summed E-state index contributed by atoms with van der Waals surface area (Å²) in [6.07, 6.45) is 5.55. The van der Waals surface area contributed by atoms with Crippen LogP contribution in [0.4, 0.5) is 0 Å². The summed E-state index contributed by atoms with van der Waals surface area (Å²) in [5, 5.41) is 5.19. The molecule has 2 aromatic heterocycles. The topological polar surface area (TPSA) is 72.1 Å². The molecule has 1 saturated heterocycles. The van der Waals surface area contributed by atoms with Crippen molar-refractivity contribution >= 4 is 17.2 Å². The lowest BCUT2D eigenvalue weighted by Gasteiger charge is -2.40. The number of thiazole rings is 1. The second-order valence-electron chi connectivity index (χ2n) is 7.50. The molecular weight excluding hydrogens is 336 g/mol. The maximum absolute atomic E-state index is 12.9. The van der Waals surface area contributed by atoms with Crippen molar-refractivity contribution in [2.24, 2.45) is 5.92 Å². The van der Waals surface area contributed by atoms with Crippen LogP contribution in [0.3, 0.4) is 0 Å². The molecule has 4 rings (SSSR count). The third-order valence-corrected chi connectivity index (χ3v) is 6.54. The highest BCUT2D eigenvalue weighted by atomic mass is 32.1. The molecule has 1 aliphatic carbocycles. The Labute approximate surface area is 151 Å². The Kier molecular flexibility index (Phi) is 4.14. The summed E-state index contributed by atoms with van der Waals surface area (Å²) in [5.41, 5.74) is 0.810. The van der Waals surface area contributed by atoms with Gasteiger partial charge in [0, 0.05) is 25.4 Å². The Morgan fingerprint density at radius 1 is 1.24 bits per heavy atom. The van der Waals surface area contributed by atoms with Crippen molar-refractivity contribution in [3.8, 4) is 0 Å². The van der Waals surface area contributed by atoms with Crippen molar-refractivity contribution in [1.29, 1.82) is 0 Å². The van der Waals surface area contributed by atoms with Gasteiger partial charge in [-0.3, -0.25) is 4.79 Å². The van der Waals surface area contributed by atoms with Crippen LogP contribution in [0.5, 0.6) is 0 Å². The number of piperidine rings is 1. The van der Waals surface area contributed by atoms with Gasteiger partial charge in [0.1, 0.15) is 4.88 Å². The van der Waals surface area contributed by atoms with E-state index in [1.807, 2.05) is 25.7 Å². The van der Waals surface area contributed by atoms with Crippen molar-refractivity contribution in [2.75, 3.05) is 13.1 Å². The first-order chi connectivity index (χ1) is 12.0. The highest BCUT2D eigenvalue weighted by molar-refractivity contribution is 7.13. The van der Waals surface area contributed by atoms with E-state index in [2.05, 4.69) is 15.1 Å². The minimum atomic E-state index is -0.0334. The lowest BCUT2D eigenvalue weighted by Crippen LogP contribution is -2.46. The number of hydrogen-bond donors (Lipinski definition) is 0. The Morgan fingerprint density at radius 2 is 1.96 bits per heavy atom. The van der Waals surface area contributed by atoms with Crippen molar-refractivity contribution in [2.45, 2.75) is 58.3 Å². The Morgan fingerprint density at radius 3 is 2.48 bits per heavy atom. The fourth-order valence-electron chi connectivity index (χ4n) is 3.92. The number of rotatable bonds is 4. The van der Waals surface area contributed by atoms with Gasteiger partial charge in [-0.15, -0.1) is 11.3 Å². The monoisotopic (exact) mass is 360 g/mol. The second-order valence-corrected chi connectivity index (χ2v) is 8.71. The van der Waals surface area contributed by atoms with Gasteiger partial charge in [-0.25, -0.2) is 4.98 Å². The molecule has 1 aliphatic heterocycles. The number of aromatic nitrogens is 3. The van der Waals surface area contributed by atoms with E-state index in [0.29, 0.717) is 5.89 Å². The molecule has 3 heterocycles. The molecule has 0 aromatic carbocycles. The van der Waals surface area contributed by atoms with Crippen molar-refractivity contribution in [3.63, 3.8) is 0 Å². The van der Waals surface area contributed by atoms with Gasteiger partial charge in [-0.2, -0.15) is 4.98 Å². The summed E-state index contributed by atoms with van der Waals surface area (Å²) in [4.78, 5) is 24.6. The van der Waals surface area contributed by atoms with E-state index in [-0.39, 0.29) is 11.3 Å². The highest BCUT2D eigenvalue weighted by Gasteiger charge is 2.44. The Hall–Kier alpha value is -1.76. The molecule has 2 aromatic rings. The predicted molar refractivity (Wildman–Crippen MR) is 94.8 cm³/mol. The SMILES string of the molecule is Cc1nc(C2(CC3CC3)CCN(C(=O)c3sc(C)nc3C)CC2)no1. The zero-order valence-corrected chi connectivity index (χ0v) is 15.9. The number of aryl methyl sites for hydroxylation is 3. The third kappa shape index (κ3) is 3.21. The molecule has 0 atom stereocenters. The van der Waals surface area contributed by atoms with Gasteiger partial charge >= 0.3 is 0 Å². The van der Waals surface area contributed by atoms with Crippen LogP contribution in [-0.2, 0) is 5.41 Å². The quantitative estimate of drug-likeness (QED) is 0.835. The third-order valence-electron chi connectivity index (χ3n) is 5.48. The number of likely N-dealkylation sites (tertiary alicyclic amines) is 1. The van der Waals surface area contributed by atoms with E-state index in [1.165, 1.54) is 24.2 Å². The van der Waals surface area contributed by atoms with Crippen molar-refractivity contribution in [1.82, 2.24) is 20.0 Å². The molecule has 7 heteroatoms. The maximum atomic E-state index is 12.9. The zero-order chi connectivity index (χ0) is 17.6. The highest BCUT2D eigenvalue weighted by Crippen LogP contribution is 2.46. The lowest BCUT2D eigenvalue weighted by molar-refractivity contribution is 0.0649. The van der Waals surface area contributed by atoms with Crippen molar-refractivity contribution < 1.29 is 9.32 Å². The summed E-state index contributed by atoms with van der Waals surface area (Å²) in [6, 6.07) is 0. The molecule has 0 bridgehead atoms. The first-order valence-corrected chi connectivity index (χ1v) is 9.83. The van der Waals surface area contributed by atoms with E-state index in [0.717, 1.165) is 59.7 Å². The van der Waals surface area contributed by atoms with E-state index < -0.39 is 0 Å². The molecule has 0 unspecified atom stereocenters. The summed E-state index contributed by atoms with van der Waals surface area (Å²) in [5.74, 6) is 2.37. The van der Waals surface area contributed by atoms with Crippen LogP contribution in [0.25, 0.3) is 0 Å². The van der Waals surface area contributed by atoms with Gasteiger partial charge < -0.3 is 9.42 Å². The molecule has 6 nitrogen and oxygen atoms in total. The molecule has 0 N–H and O–H groups in total. The fraction of sp³-hybridized carbons (Fsp3) is 0.667. The minimum Gasteiger partial charge on any atom is -0.340 e. The van der Waals surface area contributed by atoms with Crippen LogP contribution in [-0.4, -0.2) is 39.0 Å². The molecule has 2 fully saturated rings. The number of nitrogens with zero attached hydrogens (tertiary/aromatic N) is 4. The van der Waals surface area contributed by atoms with Gasteiger partial charge in [-0.05, 0) is 39.0 Å². The van der Waals surface area contributed by atoms with Gasteiger partial charge in [0.2, 0.25) is 5.89 Å². The van der Waals surface area contributed by atoms with Gasteiger partial charge in [0.15, 0.2) is 5.82 Å². The summed E-state index contributed by atoms with van der Waals surface area (Å²) >= 11 is 1.49. The molecule has 2 aliphatic rings. The summed E-state index contributed by atoms with van der Waals surface area (Å²) < 4.78 is 5.26. The van der Waals surface area contributed by atoms with Gasteiger partial charge in [0.05, 0.1) is 10.7 Å². The van der Waals surface area contributed by atoms with Crippen LogP contribution in [0, 0.1) is 26.7 Å². The largest absolute Gasteiger partial charge is 0.340 e. The number of carbonyl (C=O) groups is 1. The smallest absolute Gasteiger partial charge is 0.265 e. The molecule has 0 spiro atoms. The first kappa shape index (κ1) is 16.7. The molecule has 1 amide bonds. The van der Waals surface area contributed by atoms with Crippen molar-refractivity contribution in [3.05, 3.63) is 27.3 Å². The lowest BCUT2D eigenvalue weighted by atomic mass is 9.73. The molecule has 0 radical (unpaired) electrons. The van der Waals surface area contributed by atoms with Crippen LogP contribution in [0.2, 0.25) is 0 Å². The van der Waals surface area contributed by atoms with Gasteiger partial charge in [0.25, 0.3) is 5.91 Å². The zero-order valence-electron chi connectivity index (χ0n) is 15.0. The normalized spacial score (nSPS) is 20.0. The summed E-state index contributed by atoms with van der Waals surface area (Å²) in [7, 11) is 0. The first-order valence-electron chi connectivity index (χ1n) is 9.01. The average molecular weight is 360 g/mol.